The Balaban J connectivity index is 1.47. The zero-order valence-corrected chi connectivity index (χ0v) is 12.1. The van der Waals surface area contributed by atoms with E-state index in [4.69, 9.17) is 4.42 Å². The van der Waals surface area contributed by atoms with E-state index in [1.807, 2.05) is 30.7 Å². The van der Waals surface area contributed by atoms with Crippen LogP contribution < -0.4 is 5.32 Å². The van der Waals surface area contributed by atoms with Gasteiger partial charge >= 0.3 is 0 Å². The van der Waals surface area contributed by atoms with Crippen molar-refractivity contribution in [3.05, 3.63) is 54.3 Å². The van der Waals surface area contributed by atoms with Gasteiger partial charge in [0.15, 0.2) is 0 Å². The number of benzene rings is 1. The van der Waals surface area contributed by atoms with Gasteiger partial charge in [-0.1, -0.05) is 18.2 Å². The lowest BCUT2D eigenvalue weighted by Gasteiger charge is -2.12. The second kappa shape index (κ2) is 5.04. The summed E-state index contributed by atoms with van der Waals surface area (Å²) in [6.07, 6.45) is 6.46. The molecule has 1 aliphatic rings. The monoisotopic (exact) mass is 281 g/mol. The number of hydrogen-bond donors (Lipinski definition) is 1. The third kappa shape index (κ3) is 2.47. The lowest BCUT2D eigenvalue weighted by Crippen LogP contribution is -2.19. The lowest BCUT2D eigenvalue weighted by atomic mass is 10.2. The van der Waals surface area contributed by atoms with E-state index in [0.717, 1.165) is 23.3 Å². The molecule has 1 fully saturated rings. The number of hydrogen-bond acceptors (Lipinski definition) is 3. The van der Waals surface area contributed by atoms with Crippen LogP contribution in [0.4, 0.5) is 0 Å². The van der Waals surface area contributed by atoms with Gasteiger partial charge in [0.2, 0.25) is 0 Å². The van der Waals surface area contributed by atoms with Crippen LogP contribution in [0.5, 0.6) is 0 Å². The highest BCUT2D eigenvalue weighted by molar-refractivity contribution is 5.77. The molecule has 4 nitrogen and oxygen atoms in total. The Morgan fingerprint density at radius 2 is 2.24 bits per heavy atom. The molecular formula is C17H19N3O. The highest BCUT2D eigenvalue weighted by Crippen LogP contribution is 2.35. The molecule has 0 bridgehead atoms. The first kappa shape index (κ1) is 12.7. The summed E-state index contributed by atoms with van der Waals surface area (Å²) >= 11 is 0. The number of imidazole rings is 1. The van der Waals surface area contributed by atoms with E-state index in [9.17, 15) is 0 Å². The molecule has 2 aromatic heterocycles. The van der Waals surface area contributed by atoms with E-state index < -0.39 is 0 Å². The summed E-state index contributed by atoms with van der Waals surface area (Å²) in [5.74, 6) is 0.980. The molecule has 2 heterocycles. The van der Waals surface area contributed by atoms with Gasteiger partial charge in [-0.15, -0.1) is 0 Å². The van der Waals surface area contributed by atoms with Crippen molar-refractivity contribution in [2.75, 3.05) is 0 Å². The third-order valence-electron chi connectivity index (χ3n) is 4.15. The molecule has 0 aliphatic heterocycles. The standard InChI is InChI=1S/C17H19N3O/c1-12(17-8-13-4-2-3-5-16(13)21-17)19-10-15-9-18-11-20(15)14-6-7-14/h2-5,8-9,11-12,14,19H,6-7,10H2,1H3. The molecule has 4 rings (SSSR count). The van der Waals surface area contributed by atoms with Crippen molar-refractivity contribution < 1.29 is 4.42 Å². The van der Waals surface area contributed by atoms with Gasteiger partial charge in [-0.3, -0.25) is 0 Å². The van der Waals surface area contributed by atoms with E-state index in [1.54, 1.807) is 0 Å². The van der Waals surface area contributed by atoms with Crippen LogP contribution in [-0.2, 0) is 6.54 Å². The number of aromatic nitrogens is 2. The Morgan fingerprint density at radius 1 is 1.38 bits per heavy atom. The van der Waals surface area contributed by atoms with Gasteiger partial charge in [0.1, 0.15) is 11.3 Å². The molecule has 3 aromatic rings. The van der Waals surface area contributed by atoms with Gasteiger partial charge in [0.25, 0.3) is 0 Å². The minimum Gasteiger partial charge on any atom is -0.459 e. The Kier molecular flexibility index (Phi) is 3.04. The first-order valence-electron chi connectivity index (χ1n) is 7.54. The summed E-state index contributed by atoms with van der Waals surface area (Å²) in [5, 5.41) is 4.69. The Labute approximate surface area is 123 Å². The molecule has 1 N–H and O–H groups in total. The number of rotatable bonds is 5. The molecule has 1 aromatic carbocycles. The maximum atomic E-state index is 5.90. The van der Waals surface area contributed by atoms with Crippen molar-refractivity contribution in [3.63, 3.8) is 0 Å². The fourth-order valence-electron chi connectivity index (χ4n) is 2.72. The second-order valence-electron chi connectivity index (χ2n) is 5.81. The molecule has 0 amide bonds. The third-order valence-corrected chi connectivity index (χ3v) is 4.15. The molecular weight excluding hydrogens is 262 g/mol. The summed E-state index contributed by atoms with van der Waals surface area (Å²) in [6.45, 7) is 2.95. The molecule has 108 valence electrons. The van der Waals surface area contributed by atoms with Gasteiger partial charge in [0, 0.05) is 24.2 Å². The van der Waals surface area contributed by atoms with E-state index in [0.29, 0.717) is 6.04 Å². The van der Waals surface area contributed by atoms with Crippen molar-refractivity contribution in [3.8, 4) is 0 Å². The van der Waals surface area contributed by atoms with Crippen LogP contribution in [0.15, 0.2) is 47.3 Å². The fraction of sp³-hybridized carbons (Fsp3) is 0.353. The van der Waals surface area contributed by atoms with Crippen molar-refractivity contribution in [1.29, 1.82) is 0 Å². The first-order chi connectivity index (χ1) is 10.3. The summed E-state index contributed by atoms with van der Waals surface area (Å²) in [5.41, 5.74) is 2.20. The maximum Gasteiger partial charge on any atom is 0.134 e. The summed E-state index contributed by atoms with van der Waals surface area (Å²) in [6, 6.07) is 11.1. The zero-order chi connectivity index (χ0) is 14.2. The van der Waals surface area contributed by atoms with Gasteiger partial charge < -0.3 is 14.3 Å². The average Bonchev–Trinajstić information content (AvgIpc) is 3.09. The minimum atomic E-state index is 0.181. The van der Waals surface area contributed by atoms with Crippen LogP contribution in [-0.4, -0.2) is 9.55 Å². The Hall–Kier alpha value is -2.07. The number of nitrogens with zero attached hydrogens (tertiary/aromatic N) is 2. The van der Waals surface area contributed by atoms with Gasteiger partial charge in [-0.25, -0.2) is 4.98 Å². The largest absolute Gasteiger partial charge is 0.459 e. The molecule has 1 atom stereocenters. The second-order valence-corrected chi connectivity index (χ2v) is 5.81. The molecule has 0 spiro atoms. The number of fused-ring (bicyclic) bond motifs is 1. The molecule has 1 aliphatic carbocycles. The van der Waals surface area contributed by atoms with Crippen LogP contribution in [0.1, 0.15) is 43.3 Å². The maximum absolute atomic E-state index is 5.90. The van der Waals surface area contributed by atoms with E-state index in [1.165, 1.54) is 18.5 Å². The van der Waals surface area contributed by atoms with Gasteiger partial charge in [-0.2, -0.15) is 0 Å². The van der Waals surface area contributed by atoms with Gasteiger partial charge in [-0.05, 0) is 31.9 Å². The zero-order valence-electron chi connectivity index (χ0n) is 12.1. The van der Waals surface area contributed by atoms with Crippen LogP contribution in [0, 0.1) is 0 Å². The Bertz CT molecular complexity index is 721. The molecule has 21 heavy (non-hydrogen) atoms. The minimum absolute atomic E-state index is 0.181. The molecule has 1 saturated carbocycles. The van der Waals surface area contributed by atoms with Crippen LogP contribution in [0.2, 0.25) is 0 Å². The van der Waals surface area contributed by atoms with E-state index in [-0.39, 0.29) is 6.04 Å². The van der Waals surface area contributed by atoms with Gasteiger partial charge in [0.05, 0.1) is 18.1 Å². The summed E-state index contributed by atoms with van der Waals surface area (Å²) in [4.78, 5) is 4.27. The van der Waals surface area contributed by atoms with Crippen LogP contribution in [0.25, 0.3) is 11.0 Å². The number of para-hydroxylation sites is 1. The normalized spacial score (nSPS) is 16.4. The predicted octanol–water partition coefficient (Wildman–Crippen LogP) is 3.82. The molecule has 0 saturated heterocycles. The smallest absolute Gasteiger partial charge is 0.134 e. The Morgan fingerprint density at radius 3 is 3.05 bits per heavy atom. The first-order valence-corrected chi connectivity index (χ1v) is 7.54. The van der Waals surface area contributed by atoms with Crippen molar-refractivity contribution in [2.45, 2.75) is 38.4 Å². The van der Waals surface area contributed by atoms with Crippen molar-refractivity contribution in [1.82, 2.24) is 14.9 Å². The van der Waals surface area contributed by atoms with E-state index in [2.05, 4.69) is 33.9 Å². The topological polar surface area (TPSA) is 43.0 Å². The molecule has 4 heteroatoms. The summed E-state index contributed by atoms with van der Waals surface area (Å²) in [7, 11) is 0. The molecule has 1 unspecified atom stereocenters. The predicted molar refractivity (Wildman–Crippen MR) is 82.0 cm³/mol. The number of nitrogens with one attached hydrogen (secondary N) is 1. The van der Waals surface area contributed by atoms with E-state index >= 15 is 0 Å². The SMILES string of the molecule is CC(NCc1cncn1C1CC1)c1cc2ccccc2o1. The van der Waals surface area contributed by atoms with Crippen LogP contribution in [0.3, 0.4) is 0 Å². The average molecular weight is 281 g/mol. The van der Waals surface area contributed by atoms with Crippen molar-refractivity contribution in [2.24, 2.45) is 0 Å². The lowest BCUT2D eigenvalue weighted by molar-refractivity contribution is 0.445. The number of furan rings is 1. The summed E-state index contributed by atoms with van der Waals surface area (Å²) < 4.78 is 8.19. The quantitative estimate of drug-likeness (QED) is 0.773. The molecule has 0 radical (unpaired) electrons. The van der Waals surface area contributed by atoms with Crippen molar-refractivity contribution >= 4 is 11.0 Å². The highest BCUT2D eigenvalue weighted by Gasteiger charge is 2.25. The highest BCUT2D eigenvalue weighted by atomic mass is 16.3. The van der Waals surface area contributed by atoms with Crippen LogP contribution >= 0.6 is 0 Å². The fourth-order valence-corrected chi connectivity index (χ4v) is 2.72.